The lowest BCUT2D eigenvalue weighted by Gasteiger charge is -2.37. The average Bonchev–Trinajstić information content (AvgIpc) is 2.16. The molecule has 1 aliphatic rings. The first-order valence-electron chi connectivity index (χ1n) is 5.30. The Hall–Kier alpha value is -0.610. The number of rotatable bonds is 4. The van der Waals surface area contributed by atoms with Crippen molar-refractivity contribution in [2.45, 2.75) is 25.8 Å². The molecule has 0 aromatic heterocycles. The highest BCUT2D eigenvalue weighted by atomic mass is 16.4. The van der Waals surface area contributed by atoms with Gasteiger partial charge in [-0.15, -0.1) is 0 Å². The first kappa shape index (κ1) is 11.5. The third kappa shape index (κ3) is 2.96. The molecule has 1 aliphatic heterocycles. The van der Waals surface area contributed by atoms with Crippen LogP contribution in [0.5, 0.6) is 0 Å². The number of carbonyl (C=O) groups is 1. The van der Waals surface area contributed by atoms with E-state index in [9.17, 15) is 4.79 Å². The number of aliphatic carboxylic acids is 1. The molecule has 14 heavy (non-hydrogen) atoms. The predicted molar refractivity (Wildman–Crippen MR) is 55.4 cm³/mol. The molecule has 0 aromatic carbocycles. The molecule has 1 unspecified atom stereocenters. The standard InChI is InChI=1S/C10H20N2O2/c1-3-4-5-12-7-6-11(2)9(8-12)10(13)14/h9H,3-8H2,1-2H3,(H,13,14). The number of hydrogen-bond donors (Lipinski definition) is 1. The lowest BCUT2D eigenvalue weighted by Crippen LogP contribution is -2.54. The summed E-state index contributed by atoms with van der Waals surface area (Å²) in [6, 6.07) is -0.319. The highest BCUT2D eigenvalue weighted by Crippen LogP contribution is 2.08. The van der Waals surface area contributed by atoms with Crippen LogP contribution in [0.15, 0.2) is 0 Å². The summed E-state index contributed by atoms with van der Waals surface area (Å²) in [7, 11) is 1.88. The highest BCUT2D eigenvalue weighted by Gasteiger charge is 2.29. The van der Waals surface area contributed by atoms with Gasteiger partial charge < -0.3 is 5.11 Å². The van der Waals surface area contributed by atoms with Crippen molar-refractivity contribution in [3.05, 3.63) is 0 Å². The number of unbranched alkanes of at least 4 members (excludes halogenated alkanes) is 1. The Bertz CT molecular complexity index is 195. The van der Waals surface area contributed by atoms with Crippen molar-refractivity contribution in [3.8, 4) is 0 Å². The number of nitrogens with zero attached hydrogens (tertiary/aromatic N) is 2. The second kappa shape index (κ2) is 5.32. The maximum atomic E-state index is 10.9. The van der Waals surface area contributed by atoms with Crippen LogP contribution in [-0.2, 0) is 4.79 Å². The molecule has 0 aliphatic carbocycles. The van der Waals surface area contributed by atoms with Crippen molar-refractivity contribution >= 4 is 5.97 Å². The molecule has 0 spiro atoms. The molecule has 1 heterocycles. The molecular weight excluding hydrogens is 180 g/mol. The Kier molecular flexibility index (Phi) is 4.35. The van der Waals surface area contributed by atoms with E-state index in [4.69, 9.17) is 5.11 Å². The molecule has 0 bridgehead atoms. The Morgan fingerprint density at radius 2 is 2.21 bits per heavy atom. The van der Waals surface area contributed by atoms with Gasteiger partial charge in [-0.05, 0) is 20.0 Å². The maximum Gasteiger partial charge on any atom is 0.322 e. The summed E-state index contributed by atoms with van der Waals surface area (Å²) in [5.74, 6) is -0.700. The normalized spacial score (nSPS) is 25.1. The summed E-state index contributed by atoms with van der Waals surface area (Å²) >= 11 is 0. The first-order valence-corrected chi connectivity index (χ1v) is 5.30. The van der Waals surface area contributed by atoms with Crippen LogP contribution in [0, 0.1) is 0 Å². The van der Waals surface area contributed by atoms with Gasteiger partial charge in [-0.1, -0.05) is 13.3 Å². The second-order valence-electron chi connectivity index (χ2n) is 3.99. The summed E-state index contributed by atoms with van der Waals surface area (Å²) in [5.41, 5.74) is 0. The Morgan fingerprint density at radius 1 is 1.50 bits per heavy atom. The number of likely N-dealkylation sites (N-methyl/N-ethyl adjacent to an activating group) is 1. The van der Waals surface area contributed by atoms with Gasteiger partial charge in [0.05, 0.1) is 0 Å². The van der Waals surface area contributed by atoms with Gasteiger partial charge >= 0.3 is 5.97 Å². The molecule has 4 heteroatoms. The minimum atomic E-state index is -0.700. The van der Waals surface area contributed by atoms with Gasteiger partial charge in [0.2, 0.25) is 0 Å². The molecule has 1 fully saturated rings. The SMILES string of the molecule is CCCCN1CCN(C)C(C(=O)O)C1. The van der Waals surface area contributed by atoms with Crippen molar-refractivity contribution < 1.29 is 9.90 Å². The van der Waals surface area contributed by atoms with E-state index < -0.39 is 5.97 Å². The largest absolute Gasteiger partial charge is 0.480 e. The summed E-state index contributed by atoms with van der Waals surface area (Å²) in [6.07, 6.45) is 2.33. The fraction of sp³-hybridized carbons (Fsp3) is 0.900. The fourth-order valence-corrected chi connectivity index (χ4v) is 1.78. The average molecular weight is 200 g/mol. The van der Waals surface area contributed by atoms with E-state index in [2.05, 4.69) is 11.8 Å². The number of piperazine rings is 1. The molecule has 1 rings (SSSR count). The Balaban J connectivity index is 2.41. The molecule has 0 saturated carbocycles. The monoisotopic (exact) mass is 200 g/mol. The topological polar surface area (TPSA) is 43.8 Å². The Labute approximate surface area is 85.5 Å². The molecule has 1 N–H and O–H groups in total. The number of hydrogen-bond acceptors (Lipinski definition) is 3. The van der Waals surface area contributed by atoms with Crippen LogP contribution in [0.2, 0.25) is 0 Å². The predicted octanol–water partition coefficient (Wildman–Crippen LogP) is 0.487. The van der Waals surface area contributed by atoms with Gasteiger partial charge in [0.15, 0.2) is 0 Å². The van der Waals surface area contributed by atoms with Crippen LogP contribution in [0.4, 0.5) is 0 Å². The van der Waals surface area contributed by atoms with Gasteiger partial charge in [0.25, 0.3) is 0 Å². The fourth-order valence-electron chi connectivity index (χ4n) is 1.78. The van der Waals surface area contributed by atoms with E-state index in [1.54, 1.807) is 0 Å². The van der Waals surface area contributed by atoms with Gasteiger partial charge in [-0.25, -0.2) is 0 Å². The first-order chi connectivity index (χ1) is 6.65. The van der Waals surface area contributed by atoms with E-state index in [1.165, 1.54) is 6.42 Å². The number of carboxylic acids is 1. The quantitative estimate of drug-likeness (QED) is 0.717. The molecule has 0 aromatic rings. The lowest BCUT2D eigenvalue weighted by atomic mass is 10.1. The van der Waals surface area contributed by atoms with E-state index in [0.717, 1.165) is 26.1 Å². The second-order valence-corrected chi connectivity index (χ2v) is 3.99. The van der Waals surface area contributed by atoms with E-state index >= 15 is 0 Å². The van der Waals surface area contributed by atoms with Gasteiger partial charge in [0, 0.05) is 19.6 Å². The number of carboxylic acid groups (broad SMARTS) is 1. The van der Waals surface area contributed by atoms with Crippen molar-refractivity contribution in [2.75, 3.05) is 33.2 Å². The smallest absolute Gasteiger partial charge is 0.322 e. The van der Waals surface area contributed by atoms with Gasteiger partial charge in [-0.2, -0.15) is 0 Å². The van der Waals surface area contributed by atoms with Crippen molar-refractivity contribution in [3.63, 3.8) is 0 Å². The van der Waals surface area contributed by atoms with Gasteiger partial charge in [0.1, 0.15) is 6.04 Å². The zero-order chi connectivity index (χ0) is 10.6. The molecular formula is C10H20N2O2. The van der Waals surface area contributed by atoms with E-state index in [-0.39, 0.29) is 6.04 Å². The minimum Gasteiger partial charge on any atom is -0.480 e. The van der Waals surface area contributed by atoms with Crippen LogP contribution in [0.25, 0.3) is 0 Å². The zero-order valence-electron chi connectivity index (χ0n) is 9.07. The summed E-state index contributed by atoms with van der Waals surface area (Å²) in [6.45, 7) is 5.73. The zero-order valence-corrected chi connectivity index (χ0v) is 9.07. The van der Waals surface area contributed by atoms with E-state index in [0.29, 0.717) is 6.54 Å². The molecule has 0 amide bonds. The third-order valence-corrected chi connectivity index (χ3v) is 2.85. The Morgan fingerprint density at radius 3 is 2.79 bits per heavy atom. The van der Waals surface area contributed by atoms with Crippen LogP contribution >= 0.6 is 0 Å². The molecule has 1 atom stereocenters. The molecule has 4 nitrogen and oxygen atoms in total. The third-order valence-electron chi connectivity index (χ3n) is 2.85. The van der Waals surface area contributed by atoms with Gasteiger partial charge in [-0.3, -0.25) is 14.6 Å². The van der Waals surface area contributed by atoms with Crippen molar-refractivity contribution in [1.29, 1.82) is 0 Å². The summed E-state index contributed by atoms with van der Waals surface area (Å²) < 4.78 is 0. The van der Waals surface area contributed by atoms with Crippen molar-refractivity contribution in [2.24, 2.45) is 0 Å². The van der Waals surface area contributed by atoms with Crippen LogP contribution in [0.1, 0.15) is 19.8 Å². The van der Waals surface area contributed by atoms with Crippen molar-refractivity contribution in [1.82, 2.24) is 9.80 Å². The maximum absolute atomic E-state index is 10.9. The molecule has 82 valence electrons. The molecule has 1 saturated heterocycles. The summed E-state index contributed by atoms with van der Waals surface area (Å²) in [4.78, 5) is 15.1. The van der Waals surface area contributed by atoms with Crippen LogP contribution in [0.3, 0.4) is 0 Å². The minimum absolute atomic E-state index is 0.319. The highest BCUT2D eigenvalue weighted by molar-refractivity contribution is 5.73. The lowest BCUT2D eigenvalue weighted by molar-refractivity contribution is -0.145. The summed E-state index contributed by atoms with van der Waals surface area (Å²) in [5, 5.41) is 8.98. The van der Waals surface area contributed by atoms with Crippen LogP contribution < -0.4 is 0 Å². The molecule has 0 radical (unpaired) electrons. The van der Waals surface area contributed by atoms with E-state index in [1.807, 2.05) is 11.9 Å². The van der Waals surface area contributed by atoms with Crippen LogP contribution in [-0.4, -0.2) is 60.1 Å².